The van der Waals surface area contributed by atoms with Crippen LogP contribution in [0.3, 0.4) is 0 Å². The summed E-state index contributed by atoms with van der Waals surface area (Å²) in [6.45, 7) is 5.01. The number of nitrogens with zero attached hydrogens (tertiary/aromatic N) is 1. The van der Waals surface area contributed by atoms with Crippen molar-refractivity contribution in [1.29, 1.82) is 0 Å². The van der Waals surface area contributed by atoms with E-state index in [0.29, 0.717) is 0 Å². The van der Waals surface area contributed by atoms with E-state index in [1.807, 2.05) is 26.0 Å². The smallest absolute Gasteiger partial charge is 0.119 e. The third-order valence-electron chi connectivity index (χ3n) is 2.08. The average molecular weight is 225 g/mol. The Hall–Kier alpha value is -0.830. The first-order valence-corrected chi connectivity index (χ1v) is 5.85. The Morgan fingerprint density at radius 1 is 1.27 bits per heavy atom. The molecule has 0 aliphatic carbocycles. The maximum atomic E-state index is 5.58. The molecule has 0 unspecified atom stereocenters. The number of hydrogen-bond donors (Lipinski definition) is 1. The highest BCUT2D eigenvalue weighted by Crippen LogP contribution is 2.19. The van der Waals surface area contributed by atoms with Gasteiger partial charge < -0.3 is 9.64 Å². The Bertz CT molecular complexity index is 284. The summed E-state index contributed by atoms with van der Waals surface area (Å²) in [5, 5.41) is 0. The molecular weight excluding hydrogens is 206 g/mol. The van der Waals surface area contributed by atoms with Crippen molar-refractivity contribution in [3.63, 3.8) is 0 Å². The van der Waals surface area contributed by atoms with Crippen LogP contribution in [0.5, 0.6) is 5.75 Å². The molecule has 0 radical (unpaired) electrons. The van der Waals surface area contributed by atoms with Gasteiger partial charge in [-0.2, -0.15) is 12.6 Å². The minimum Gasteiger partial charge on any atom is -0.491 e. The van der Waals surface area contributed by atoms with Gasteiger partial charge in [0.1, 0.15) is 5.75 Å². The van der Waals surface area contributed by atoms with Crippen molar-refractivity contribution < 1.29 is 4.74 Å². The molecule has 0 aliphatic heterocycles. The predicted octanol–water partition coefficient (Wildman–Crippen LogP) is 2.84. The molecule has 15 heavy (non-hydrogen) atoms. The Balaban J connectivity index is 2.63. The van der Waals surface area contributed by atoms with E-state index in [2.05, 4.69) is 36.7 Å². The average Bonchev–Trinajstić information content (AvgIpc) is 2.18. The van der Waals surface area contributed by atoms with Crippen LogP contribution in [0.2, 0.25) is 0 Å². The monoisotopic (exact) mass is 225 g/mol. The number of thiol groups is 1. The van der Waals surface area contributed by atoms with Gasteiger partial charge in [0.25, 0.3) is 0 Å². The summed E-state index contributed by atoms with van der Waals surface area (Å²) in [4.78, 5) is 2.17. The first kappa shape index (κ1) is 12.2. The van der Waals surface area contributed by atoms with Crippen LogP contribution in [0, 0.1) is 0 Å². The maximum absolute atomic E-state index is 5.58. The molecular formula is C12H19NOS. The van der Waals surface area contributed by atoms with Gasteiger partial charge in [0, 0.05) is 25.0 Å². The van der Waals surface area contributed by atoms with E-state index in [9.17, 15) is 0 Å². The van der Waals surface area contributed by atoms with E-state index < -0.39 is 0 Å². The van der Waals surface area contributed by atoms with Gasteiger partial charge >= 0.3 is 0 Å². The Morgan fingerprint density at radius 3 is 2.33 bits per heavy atom. The van der Waals surface area contributed by atoms with Crippen LogP contribution in [0.1, 0.15) is 13.8 Å². The topological polar surface area (TPSA) is 12.5 Å². The summed E-state index contributed by atoms with van der Waals surface area (Å²) >= 11 is 4.21. The van der Waals surface area contributed by atoms with E-state index in [-0.39, 0.29) is 6.10 Å². The lowest BCUT2D eigenvalue weighted by Gasteiger charge is -2.18. The second-order valence-corrected chi connectivity index (χ2v) is 4.25. The van der Waals surface area contributed by atoms with Gasteiger partial charge in [-0.3, -0.25) is 0 Å². The van der Waals surface area contributed by atoms with Gasteiger partial charge in [-0.05, 0) is 38.1 Å². The van der Waals surface area contributed by atoms with Crippen molar-refractivity contribution >= 4 is 18.3 Å². The van der Waals surface area contributed by atoms with Gasteiger partial charge in [-0.25, -0.2) is 0 Å². The van der Waals surface area contributed by atoms with Crippen LogP contribution in [-0.2, 0) is 0 Å². The van der Waals surface area contributed by atoms with Crippen LogP contribution in [0.15, 0.2) is 24.3 Å². The molecule has 0 spiro atoms. The highest BCUT2D eigenvalue weighted by Gasteiger charge is 2.01. The Kier molecular flexibility index (Phi) is 4.82. The second kappa shape index (κ2) is 5.91. The summed E-state index contributed by atoms with van der Waals surface area (Å²) in [5.41, 5.74) is 1.19. The Labute approximate surface area is 97.6 Å². The van der Waals surface area contributed by atoms with Crippen molar-refractivity contribution in [2.24, 2.45) is 0 Å². The molecule has 0 bridgehead atoms. The summed E-state index contributed by atoms with van der Waals surface area (Å²) in [6.07, 6.45) is 0.228. The molecule has 1 aromatic carbocycles. The summed E-state index contributed by atoms with van der Waals surface area (Å²) in [6, 6.07) is 8.15. The molecule has 0 fully saturated rings. The van der Waals surface area contributed by atoms with E-state index in [4.69, 9.17) is 4.74 Å². The first-order valence-electron chi connectivity index (χ1n) is 5.22. The zero-order valence-electron chi connectivity index (χ0n) is 9.60. The van der Waals surface area contributed by atoms with Crippen molar-refractivity contribution in [3.8, 4) is 5.75 Å². The lowest BCUT2D eigenvalue weighted by atomic mass is 10.3. The van der Waals surface area contributed by atoms with E-state index in [1.54, 1.807) is 0 Å². The van der Waals surface area contributed by atoms with Crippen LogP contribution in [0.25, 0.3) is 0 Å². The first-order chi connectivity index (χ1) is 7.13. The van der Waals surface area contributed by atoms with Crippen molar-refractivity contribution in [1.82, 2.24) is 0 Å². The number of anilines is 1. The van der Waals surface area contributed by atoms with Gasteiger partial charge in [-0.15, -0.1) is 0 Å². The molecule has 0 saturated carbocycles. The van der Waals surface area contributed by atoms with E-state index >= 15 is 0 Å². The molecule has 0 amide bonds. The minimum atomic E-state index is 0.228. The highest BCUT2D eigenvalue weighted by atomic mass is 32.1. The molecule has 84 valence electrons. The molecule has 0 aromatic heterocycles. The summed E-state index contributed by atoms with van der Waals surface area (Å²) in [7, 11) is 2.06. The molecule has 1 rings (SSSR count). The fourth-order valence-electron chi connectivity index (χ4n) is 1.33. The van der Waals surface area contributed by atoms with Gasteiger partial charge in [0.2, 0.25) is 0 Å². The number of rotatable bonds is 5. The third-order valence-corrected chi connectivity index (χ3v) is 2.28. The lowest BCUT2D eigenvalue weighted by molar-refractivity contribution is 0.242. The predicted molar refractivity (Wildman–Crippen MR) is 69.3 cm³/mol. The zero-order valence-corrected chi connectivity index (χ0v) is 10.5. The van der Waals surface area contributed by atoms with Crippen molar-refractivity contribution in [2.75, 3.05) is 24.2 Å². The quantitative estimate of drug-likeness (QED) is 0.774. The number of hydrogen-bond acceptors (Lipinski definition) is 3. The van der Waals surface area contributed by atoms with Gasteiger partial charge in [-0.1, -0.05) is 0 Å². The SMILES string of the molecule is CC(C)Oc1ccc(N(C)CCS)cc1. The number of ether oxygens (including phenoxy) is 1. The zero-order chi connectivity index (χ0) is 11.3. The van der Waals surface area contributed by atoms with E-state index in [1.165, 1.54) is 5.69 Å². The molecule has 3 heteroatoms. The van der Waals surface area contributed by atoms with Crippen LogP contribution >= 0.6 is 12.6 Å². The van der Waals surface area contributed by atoms with Crippen molar-refractivity contribution in [2.45, 2.75) is 20.0 Å². The standard InChI is InChI=1S/C12H19NOS/c1-10(2)14-12-6-4-11(5-7-12)13(3)8-9-15/h4-7,10,15H,8-9H2,1-3H3. The fourth-order valence-corrected chi connectivity index (χ4v) is 1.63. The van der Waals surface area contributed by atoms with Crippen LogP contribution in [0.4, 0.5) is 5.69 Å². The van der Waals surface area contributed by atoms with Crippen LogP contribution in [-0.4, -0.2) is 25.4 Å². The molecule has 0 heterocycles. The van der Waals surface area contributed by atoms with Crippen molar-refractivity contribution in [3.05, 3.63) is 24.3 Å². The summed E-state index contributed by atoms with van der Waals surface area (Å²) < 4.78 is 5.58. The largest absolute Gasteiger partial charge is 0.491 e. The maximum Gasteiger partial charge on any atom is 0.119 e. The molecule has 0 aliphatic rings. The molecule has 1 aromatic rings. The Morgan fingerprint density at radius 2 is 1.87 bits per heavy atom. The molecule has 0 N–H and O–H groups in total. The highest BCUT2D eigenvalue weighted by molar-refractivity contribution is 7.80. The normalized spacial score (nSPS) is 10.5. The van der Waals surface area contributed by atoms with Crippen LogP contribution < -0.4 is 9.64 Å². The van der Waals surface area contributed by atoms with Gasteiger partial charge in [0.15, 0.2) is 0 Å². The third kappa shape index (κ3) is 4.04. The molecule has 2 nitrogen and oxygen atoms in total. The number of benzene rings is 1. The molecule has 0 atom stereocenters. The van der Waals surface area contributed by atoms with Gasteiger partial charge in [0.05, 0.1) is 6.10 Å². The summed E-state index contributed by atoms with van der Waals surface area (Å²) in [5.74, 6) is 1.79. The fraction of sp³-hybridized carbons (Fsp3) is 0.500. The lowest BCUT2D eigenvalue weighted by Crippen LogP contribution is -2.19. The second-order valence-electron chi connectivity index (χ2n) is 3.81. The molecule has 0 saturated heterocycles. The van der Waals surface area contributed by atoms with E-state index in [0.717, 1.165) is 18.0 Å². The minimum absolute atomic E-state index is 0.228.